The van der Waals surface area contributed by atoms with Gasteiger partial charge in [-0.15, -0.1) is 0 Å². The van der Waals surface area contributed by atoms with Gasteiger partial charge in [0, 0.05) is 6.04 Å². The van der Waals surface area contributed by atoms with Crippen molar-refractivity contribution in [3.8, 4) is 0 Å². The molecule has 82 valence electrons. The van der Waals surface area contributed by atoms with E-state index in [9.17, 15) is 0 Å². The van der Waals surface area contributed by atoms with Crippen LogP contribution in [0, 0.1) is 11.8 Å². The highest BCUT2D eigenvalue weighted by atomic mass is 32.2. The molecule has 14 heavy (non-hydrogen) atoms. The third-order valence-corrected chi connectivity index (χ3v) is 4.78. The summed E-state index contributed by atoms with van der Waals surface area (Å²) in [4.78, 5) is 0. The third kappa shape index (κ3) is 3.16. The second-order valence-corrected chi connectivity index (χ2v) is 6.30. The molecule has 2 unspecified atom stereocenters. The molecule has 1 saturated heterocycles. The van der Waals surface area contributed by atoms with Crippen LogP contribution < -0.4 is 5.32 Å². The Labute approximate surface area is 92.4 Å². The molecule has 1 saturated carbocycles. The Kier molecular flexibility index (Phi) is 4.18. The summed E-state index contributed by atoms with van der Waals surface area (Å²) in [6.07, 6.45) is 7.17. The summed E-state index contributed by atoms with van der Waals surface area (Å²) in [7, 11) is 0. The van der Waals surface area contributed by atoms with Crippen LogP contribution in [0.2, 0.25) is 0 Å². The van der Waals surface area contributed by atoms with E-state index in [2.05, 4.69) is 24.0 Å². The predicted molar refractivity (Wildman–Crippen MR) is 64.9 cm³/mol. The van der Waals surface area contributed by atoms with Crippen molar-refractivity contribution in [3.05, 3.63) is 0 Å². The summed E-state index contributed by atoms with van der Waals surface area (Å²) in [6.45, 7) is 3.68. The average molecular weight is 213 g/mol. The summed E-state index contributed by atoms with van der Waals surface area (Å²) in [5, 5.41) is 3.77. The summed E-state index contributed by atoms with van der Waals surface area (Å²) >= 11 is 2.13. The van der Waals surface area contributed by atoms with E-state index in [0.717, 1.165) is 17.9 Å². The van der Waals surface area contributed by atoms with E-state index in [-0.39, 0.29) is 0 Å². The molecule has 0 spiro atoms. The fourth-order valence-corrected chi connectivity index (χ4v) is 3.88. The molecule has 2 atom stereocenters. The van der Waals surface area contributed by atoms with Gasteiger partial charge in [-0.2, -0.15) is 11.8 Å². The number of hydrogen-bond donors (Lipinski definition) is 1. The van der Waals surface area contributed by atoms with Gasteiger partial charge in [0.1, 0.15) is 0 Å². The maximum atomic E-state index is 3.77. The van der Waals surface area contributed by atoms with Crippen LogP contribution in [0.5, 0.6) is 0 Å². The zero-order valence-electron chi connectivity index (χ0n) is 9.30. The van der Waals surface area contributed by atoms with Crippen molar-refractivity contribution in [2.24, 2.45) is 11.8 Å². The minimum atomic E-state index is 0.847. The second kappa shape index (κ2) is 5.41. The monoisotopic (exact) mass is 213 g/mol. The minimum absolute atomic E-state index is 0.847. The zero-order valence-corrected chi connectivity index (χ0v) is 10.1. The van der Waals surface area contributed by atoms with Gasteiger partial charge in [0.15, 0.2) is 0 Å². The molecule has 0 bridgehead atoms. The fraction of sp³-hybridized carbons (Fsp3) is 1.00. The summed E-state index contributed by atoms with van der Waals surface area (Å²) in [5.74, 6) is 4.74. The van der Waals surface area contributed by atoms with Gasteiger partial charge >= 0.3 is 0 Å². The molecule has 2 rings (SSSR count). The van der Waals surface area contributed by atoms with Crippen molar-refractivity contribution < 1.29 is 0 Å². The van der Waals surface area contributed by atoms with Gasteiger partial charge in [-0.1, -0.05) is 6.92 Å². The van der Waals surface area contributed by atoms with Gasteiger partial charge in [0.2, 0.25) is 0 Å². The first-order valence-electron chi connectivity index (χ1n) is 6.15. The van der Waals surface area contributed by atoms with Crippen LogP contribution >= 0.6 is 11.8 Å². The van der Waals surface area contributed by atoms with Crippen LogP contribution in [0.25, 0.3) is 0 Å². The van der Waals surface area contributed by atoms with E-state index in [1.165, 1.54) is 50.2 Å². The van der Waals surface area contributed by atoms with Crippen molar-refractivity contribution in [1.29, 1.82) is 0 Å². The lowest BCUT2D eigenvalue weighted by atomic mass is 10.0. The van der Waals surface area contributed by atoms with Gasteiger partial charge < -0.3 is 5.32 Å². The maximum absolute atomic E-state index is 3.77. The van der Waals surface area contributed by atoms with E-state index in [4.69, 9.17) is 0 Å². The molecule has 0 radical (unpaired) electrons. The lowest BCUT2D eigenvalue weighted by Crippen LogP contribution is -2.32. The number of nitrogens with one attached hydrogen (secondary N) is 1. The highest BCUT2D eigenvalue weighted by Crippen LogP contribution is 2.26. The molecule has 1 N–H and O–H groups in total. The van der Waals surface area contributed by atoms with Gasteiger partial charge in [-0.25, -0.2) is 0 Å². The van der Waals surface area contributed by atoms with Crippen molar-refractivity contribution in [2.75, 3.05) is 18.1 Å². The zero-order chi connectivity index (χ0) is 9.80. The molecule has 2 aliphatic rings. The number of thioether (sulfide) groups is 1. The first kappa shape index (κ1) is 10.8. The molecular formula is C12H23NS. The van der Waals surface area contributed by atoms with Crippen molar-refractivity contribution in [2.45, 2.75) is 45.1 Å². The van der Waals surface area contributed by atoms with Gasteiger partial charge in [0.25, 0.3) is 0 Å². The van der Waals surface area contributed by atoms with Gasteiger partial charge in [0.05, 0.1) is 0 Å². The fourth-order valence-electron chi connectivity index (χ4n) is 2.68. The SMILES string of the molecule is CC1CCC(NCC2CCSCC2)C1. The normalized spacial score (nSPS) is 34.9. The van der Waals surface area contributed by atoms with E-state index < -0.39 is 0 Å². The first-order valence-corrected chi connectivity index (χ1v) is 7.31. The minimum Gasteiger partial charge on any atom is -0.314 e. The molecule has 0 amide bonds. The third-order valence-electron chi connectivity index (χ3n) is 3.73. The molecule has 1 nitrogen and oxygen atoms in total. The van der Waals surface area contributed by atoms with Crippen LogP contribution in [-0.4, -0.2) is 24.1 Å². The summed E-state index contributed by atoms with van der Waals surface area (Å²) in [6, 6.07) is 0.847. The standard InChI is InChI=1S/C12H23NS/c1-10-2-3-12(8-10)13-9-11-4-6-14-7-5-11/h10-13H,2-9H2,1H3. The van der Waals surface area contributed by atoms with Crippen molar-refractivity contribution >= 4 is 11.8 Å². The molecule has 1 heterocycles. The molecule has 2 fully saturated rings. The smallest absolute Gasteiger partial charge is 0.00698 e. The molecule has 2 heteroatoms. The van der Waals surface area contributed by atoms with E-state index in [1.807, 2.05) is 0 Å². The molecule has 0 aromatic heterocycles. The number of hydrogen-bond acceptors (Lipinski definition) is 2. The second-order valence-electron chi connectivity index (χ2n) is 5.08. The Hall–Kier alpha value is 0.310. The quantitative estimate of drug-likeness (QED) is 0.773. The molecule has 0 aromatic rings. The Morgan fingerprint density at radius 2 is 1.93 bits per heavy atom. The van der Waals surface area contributed by atoms with Crippen LogP contribution in [0.15, 0.2) is 0 Å². The van der Waals surface area contributed by atoms with Crippen molar-refractivity contribution in [1.82, 2.24) is 5.32 Å². The first-order chi connectivity index (χ1) is 6.84. The molecule has 1 aliphatic heterocycles. The van der Waals surface area contributed by atoms with E-state index in [1.54, 1.807) is 0 Å². The van der Waals surface area contributed by atoms with Crippen LogP contribution in [0.3, 0.4) is 0 Å². The van der Waals surface area contributed by atoms with Crippen LogP contribution in [0.4, 0.5) is 0 Å². The van der Waals surface area contributed by atoms with Crippen LogP contribution in [0.1, 0.15) is 39.0 Å². The molecule has 1 aliphatic carbocycles. The largest absolute Gasteiger partial charge is 0.314 e. The average Bonchev–Trinajstić information content (AvgIpc) is 2.63. The Balaban J connectivity index is 1.61. The Morgan fingerprint density at radius 1 is 1.14 bits per heavy atom. The number of rotatable bonds is 3. The lowest BCUT2D eigenvalue weighted by molar-refractivity contribution is 0.403. The molecule has 0 aromatic carbocycles. The predicted octanol–water partition coefficient (Wildman–Crippen LogP) is 2.91. The summed E-state index contributed by atoms with van der Waals surface area (Å²) in [5.41, 5.74) is 0. The van der Waals surface area contributed by atoms with E-state index >= 15 is 0 Å². The van der Waals surface area contributed by atoms with Gasteiger partial charge in [-0.05, 0) is 62.0 Å². The Morgan fingerprint density at radius 3 is 2.57 bits per heavy atom. The highest BCUT2D eigenvalue weighted by molar-refractivity contribution is 7.99. The van der Waals surface area contributed by atoms with Gasteiger partial charge in [-0.3, -0.25) is 0 Å². The lowest BCUT2D eigenvalue weighted by Gasteiger charge is -2.23. The maximum Gasteiger partial charge on any atom is 0.00698 e. The Bertz CT molecular complexity index is 161. The summed E-state index contributed by atoms with van der Waals surface area (Å²) < 4.78 is 0. The highest BCUT2D eigenvalue weighted by Gasteiger charge is 2.22. The van der Waals surface area contributed by atoms with Crippen LogP contribution in [-0.2, 0) is 0 Å². The van der Waals surface area contributed by atoms with Crippen molar-refractivity contribution in [3.63, 3.8) is 0 Å². The molecular weight excluding hydrogens is 190 g/mol. The topological polar surface area (TPSA) is 12.0 Å². The van der Waals surface area contributed by atoms with E-state index in [0.29, 0.717) is 0 Å².